The topological polar surface area (TPSA) is 26.3 Å². The lowest BCUT2D eigenvalue weighted by molar-refractivity contribution is -0.132. The number of ketones is 1. The molecule has 1 saturated carbocycles. The Balaban J connectivity index is 2.58. The summed E-state index contributed by atoms with van der Waals surface area (Å²) in [6, 6.07) is 0. The number of hydrogen-bond donors (Lipinski definition) is 0. The molecule has 0 amide bonds. The van der Waals surface area contributed by atoms with E-state index in [1.54, 1.807) is 7.11 Å². The van der Waals surface area contributed by atoms with Gasteiger partial charge in [-0.15, -0.1) is 0 Å². The molecule has 0 radical (unpaired) electrons. The van der Waals surface area contributed by atoms with Crippen molar-refractivity contribution < 1.29 is 9.53 Å². The zero-order valence-electron chi connectivity index (χ0n) is 8.88. The standard InChI is InChI=1S/C11H20O2/c1-8(2)11(12)9-6-4-5-7-10(9)13-3/h8-10H,4-7H2,1-3H3. The first kappa shape index (κ1) is 10.7. The summed E-state index contributed by atoms with van der Waals surface area (Å²) in [6.07, 6.45) is 4.65. The number of carbonyl (C=O) groups excluding carboxylic acids is 1. The first-order chi connectivity index (χ1) is 6.16. The van der Waals surface area contributed by atoms with Crippen LogP contribution < -0.4 is 0 Å². The third-order valence-corrected chi connectivity index (χ3v) is 2.94. The molecular weight excluding hydrogens is 164 g/mol. The Morgan fingerprint density at radius 2 is 1.92 bits per heavy atom. The van der Waals surface area contributed by atoms with Crippen LogP contribution in [0.4, 0.5) is 0 Å². The molecule has 0 heterocycles. The lowest BCUT2D eigenvalue weighted by Gasteiger charge is -2.30. The first-order valence-corrected chi connectivity index (χ1v) is 5.23. The van der Waals surface area contributed by atoms with Gasteiger partial charge in [-0.2, -0.15) is 0 Å². The third-order valence-electron chi connectivity index (χ3n) is 2.94. The van der Waals surface area contributed by atoms with Crippen molar-refractivity contribution in [3.05, 3.63) is 0 Å². The number of Topliss-reactive ketones (excluding diaryl/α,β-unsaturated/α-hetero) is 1. The SMILES string of the molecule is COC1CCCCC1C(=O)C(C)C. The lowest BCUT2D eigenvalue weighted by Crippen LogP contribution is -2.35. The number of rotatable bonds is 3. The molecule has 0 spiro atoms. The van der Waals surface area contributed by atoms with Gasteiger partial charge in [0, 0.05) is 18.9 Å². The van der Waals surface area contributed by atoms with E-state index in [-0.39, 0.29) is 17.9 Å². The van der Waals surface area contributed by atoms with Gasteiger partial charge in [0.05, 0.1) is 6.10 Å². The van der Waals surface area contributed by atoms with Crippen LogP contribution in [0.1, 0.15) is 39.5 Å². The normalized spacial score (nSPS) is 29.2. The summed E-state index contributed by atoms with van der Waals surface area (Å²) < 4.78 is 5.35. The lowest BCUT2D eigenvalue weighted by atomic mass is 9.80. The van der Waals surface area contributed by atoms with E-state index in [4.69, 9.17) is 4.74 Å². The summed E-state index contributed by atoms with van der Waals surface area (Å²) >= 11 is 0. The summed E-state index contributed by atoms with van der Waals surface area (Å²) in [7, 11) is 1.72. The Bertz CT molecular complexity index is 175. The first-order valence-electron chi connectivity index (χ1n) is 5.23. The molecule has 2 nitrogen and oxygen atoms in total. The van der Waals surface area contributed by atoms with Gasteiger partial charge < -0.3 is 4.74 Å². The van der Waals surface area contributed by atoms with Crippen LogP contribution in [0.15, 0.2) is 0 Å². The molecule has 0 aromatic carbocycles. The van der Waals surface area contributed by atoms with E-state index in [0.29, 0.717) is 5.78 Å². The van der Waals surface area contributed by atoms with Gasteiger partial charge in [-0.25, -0.2) is 0 Å². The van der Waals surface area contributed by atoms with Crippen LogP contribution >= 0.6 is 0 Å². The van der Waals surface area contributed by atoms with Crippen molar-refractivity contribution in [2.45, 2.75) is 45.6 Å². The smallest absolute Gasteiger partial charge is 0.141 e. The van der Waals surface area contributed by atoms with Crippen LogP contribution in [0.25, 0.3) is 0 Å². The van der Waals surface area contributed by atoms with Crippen LogP contribution in [0.5, 0.6) is 0 Å². The average Bonchev–Trinajstić information content (AvgIpc) is 2.16. The van der Waals surface area contributed by atoms with Crippen LogP contribution in [0, 0.1) is 11.8 Å². The van der Waals surface area contributed by atoms with Gasteiger partial charge in [0.15, 0.2) is 0 Å². The summed E-state index contributed by atoms with van der Waals surface area (Å²) in [6.45, 7) is 3.95. The quantitative estimate of drug-likeness (QED) is 0.673. The molecule has 1 aliphatic rings. The van der Waals surface area contributed by atoms with Gasteiger partial charge >= 0.3 is 0 Å². The van der Waals surface area contributed by atoms with E-state index in [0.717, 1.165) is 12.8 Å². The fraction of sp³-hybridized carbons (Fsp3) is 0.909. The molecule has 0 bridgehead atoms. The average molecular weight is 184 g/mol. The highest BCUT2D eigenvalue weighted by Crippen LogP contribution is 2.28. The molecule has 2 atom stereocenters. The molecule has 0 aliphatic heterocycles. The summed E-state index contributed by atoms with van der Waals surface area (Å²) in [5.41, 5.74) is 0. The molecule has 0 N–H and O–H groups in total. The molecule has 0 aromatic heterocycles. The minimum absolute atomic E-state index is 0.153. The Morgan fingerprint density at radius 1 is 1.31 bits per heavy atom. The van der Waals surface area contributed by atoms with Crippen LogP contribution in [0.2, 0.25) is 0 Å². The molecule has 1 fully saturated rings. The minimum Gasteiger partial charge on any atom is -0.381 e. The predicted molar refractivity (Wildman–Crippen MR) is 52.6 cm³/mol. The van der Waals surface area contributed by atoms with E-state index in [1.165, 1.54) is 12.8 Å². The number of carbonyl (C=O) groups is 1. The molecule has 13 heavy (non-hydrogen) atoms. The van der Waals surface area contributed by atoms with Crippen molar-refractivity contribution in [2.24, 2.45) is 11.8 Å². The molecule has 0 saturated heterocycles. The zero-order valence-corrected chi connectivity index (χ0v) is 8.88. The van der Waals surface area contributed by atoms with Gasteiger partial charge in [0.2, 0.25) is 0 Å². The van der Waals surface area contributed by atoms with E-state index in [9.17, 15) is 4.79 Å². The molecular formula is C11H20O2. The monoisotopic (exact) mass is 184 g/mol. The highest BCUT2D eigenvalue weighted by Gasteiger charge is 2.31. The van der Waals surface area contributed by atoms with Crippen LogP contribution in [0.3, 0.4) is 0 Å². The number of methoxy groups -OCH3 is 1. The molecule has 2 unspecified atom stereocenters. The second-order valence-corrected chi connectivity index (χ2v) is 4.22. The van der Waals surface area contributed by atoms with Gasteiger partial charge in [-0.05, 0) is 12.8 Å². The maximum absolute atomic E-state index is 11.8. The van der Waals surface area contributed by atoms with Gasteiger partial charge in [-0.1, -0.05) is 26.7 Å². The second-order valence-electron chi connectivity index (χ2n) is 4.22. The summed E-state index contributed by atoms with van der Waals surface area (Å²) in [5, 5.41) is 0. The zero-order chi connectivity index (χ0) is 9.84. The Labute approximate surface area is 80.7 Å². The van der Waals surface area contributed by atoms with Crippen molar-refractivity contribution in [2.75, 3.05) is 7.11 Å². The van der Waals surface area contributed by atoms with E-state index < -0.39 is 0 Å². The Morgan fingerprint density at radius 3 is 2.46 bits per heavy atom. The molecule has 0 aromatic rings. The third kappa shape index (κ3) is 2.53. The van der Waals surface area contributed by atoms with E-state index in [2.05, 4.69) is 0 Å². The van der Waals surface area contributed by atoms with Crippen molar-refractivity contribution in [3.63, 3.8) is 0 Å². The second kappa shape index (κ2) is 4.75. The highest BCUT2D eigenvalue weighted by molar-refractivity contribution is 5.83. The maximum atomic E-state index is 11.8. The fourth-order valence-electron chi connectivity index (χ4n) is 2.13. The van der Waals surface area contributed by atoms with Crippen molar-refractivity contribution in [1.29, 1.82) is 0 Å². The van der Waals surface area contributed by atoms with Crippen molar-refractivity contribution >= 4 is 5.78 Å². The van der Waals surface area contributed by atoms with Crippen molar-refractivity contribution in [1.82, 2.24) is 0 Å². The van der Waals surface area contributed by atoms with Gasteiger partial charge in [0.25, 0.3) is 0 Å². The predicted octanol–water partition coefficient (Wildman–Crippen LogP) is 2.42. The Kier molecular flexibility index (Phi) is 3.91. The minimum atomic E-state index is 0.153. The molecule has 1 rings (SSSR count). The Hall–Kier alpha value is -0.370. The van der Waals surface area contributed by atoms with Crippen molar-refractivity contribution in [3.8, 4) is 0 Å². The maximum Gasteiger partial charge on any atom is 0.141 e. The highest BCUT2D eigenvalue weighted by atomic mass is 16.5. The number of ether oxygens (including phenoxy) is 1. The van der Waals surface area contributed by atoms with Crippen LogP contribution in [-0.2, 0) is 9.53 Å². The van der Waals surface area contributed by atoms with Crippen LogP contribution in [-0.4, -0.2) is 19.0 Å². The fourth-order valence-corrected chi connectivity index (χ4v) is 2.13. The summed E-state index contributed by atoms with van der Waals surface area (Å²) in [4.78, 5) is 11.8. The van der Waals surface area contributed by atoms with E-state index >= 15 is 0 Å². The molecule has 1 aliphatic carbocycles. The van der Waals surface area contributed by atoms with Gasteiger partial charge in [-0.3, -0.25) is 4.79 Å². The largest absolute Gasteiger partial charge is 0.381 e. The molecule has 76 valence electrons. The summed E-state index contributed by atoms with van der Waals surface area (Å²) in [5.74, 6) is 0.700. The number of hydrogen-bond acceptors (Lipinski definition) is 2. The van der Waals surface area contributed by atoms with E-state index in [1.807, 2.05) is 13.8 Å². The van der Waals surface area contributed by atoms with Gasteiger partial charge in [0.1, 0.15) is 5.78 Å². The molecule has 2 heteroatoms.